The van der Waals surface area contributed by atoms with E-state index in [2.05, 4.69) is 11.1 Å². The van der Waals surface area contributed by atoms with Gasteiger partial charge < -0.3 is 9.47 Å². The molecule has 2 aromatic carbocycles. The van der Waals surface area contributed by atoms with Crippen LogP contribution in [0.5, 0.6) is 11.5 Å². The molecule has 1 aromatic heterocycles. The van der Waals surface area contributed by atoms with Crippen LogP contribution in [0, 0.1) is 11.3 Å². The second-order valence-corrected chi connectivity index (χ2v) is 7.01. The van der Waals surface area contributed by atoms with Crippen molar-refractivity contribution in [1.82, 2.24) is 4.98 Å². The summed E-state index contributed by atoms with van der Waals surface area (Å²) in [4.78, 5) is 4.62. The number of aromatic nitrogens is 1. The van der Waals surface area contributed by atoms with Gasteiger partial charge in [-0.15, -0.1) is 11.3 Å². The molecule has 0 unspecified atom stereocenters. The number of allylic oxidation sites excluding steroid dienone is 1. The Kier molecular flexibility index (Phi) is 5.90. The molecule has 0 aliphatic rings. The summed E-state index contributed by atoms with van der Waals surface area (Å²) in [6.45, 7) is 3.92. The minimum atomic E-state index is 0.0287. The largest absolute Gasteiger partial charge is 0.493 e. The Labute approximate surface area is 163 Å². The molecule has 136 valence electrons. The highest BCUT2D eigenvalue weighted by molar-refractivity contribution is 7.11. The third-order valence-electron chi connectivity index (χ3n) is 3.79. The highest BCUT2D eigenvalue weighted by atomic mass is 32.1. The normalized spacial score (nSPS) is 11.3. The van der Waals surface area contributed by atoms with Crippen molar-refractivity contribution >= 4 is 23.0 Å². The van der Waals surface area contributed by atoms with Crippen molar-refractivity contribution in [3.63, 3.8) is 0 Å². The Balaban J connectivity index is 1.93. The average molecular weight is 376 g/mol. The number of benzene rings is 2. The van der Waals surface area contributed by atoms with E-state index < -0.39 is 0 Å². The maximum atomic E-state index is 9.63. The molecule has 0 saturated carbocycles. The van der Waals surface area contributed by atoms with Gasteiger partial charge in [0.1, 0.15) is 11.1 Å². The highest BCUT2D eigenvalue weighted by Crippen LogP contribution is 2.32. The van der Waals surface area contributed by atoms with Crippen molar-refractivity contribution < 1.29 is 9.47 Å². The van der Waals surface area contributed by atoms with Gasteiger partial charge in [0.25, 0.3) is 0 Å². The molecule has 27 heavy (non-hydrogen) atoms. The van der Waals surface area contributed by atoms with Crippen LogP contribution >= 0.6 is 11.3 Å². The van der Waals surface area contributed by atoms with Crippen molar-refractivity contribution in [3.05, 3.63) is 64.5 Å². The zero-order valence-corrected chi connectivity index (χ0v) is 16.3. The molecule has 1 heterocycles. The van der Waals surface area contributed by atoms with E-state index in [1.807, 2.05) is 73.8 Å². The zero-order valence-electron chi connectivity index (χ0n) is 15.5. The van der Waals surface area contributed by atoms with E-state index in [1.54, 1.807) is 7.11 Å². The molecule has 0 N–H and O–H groups in total. The van der Waals surface area contributed by atoms with Gasteiger partial charge in [-0.2, -0.15) is 5.26 Å². The fourth-order valence-corrected chi connectivity index (χ4v) is 3.37. The second-order valence-electron chi connectivity index (χ2n) is 6.15. The summed E-state index contributed by atoms with van der Waals surface area (Å²) in [5, 5.41) is 12.3. The lowest BCUT2D eigenvalue weighted by Gasteiger charge is -2.14. The van der Waals surface area contributed by atoms with Crippen LogP contribution in [0.4, 0.5) is 0 Å². The van der Waals surface area contributed by atoms with E-state index in [4.69, 9.17) is 9.47 Å². The van der Waals surface area contributed by atoms with E-state index in [-0.39, 0.29) is 6.10 Å². The summed E-state index contributed by atoms with van der Waals surface area (Å²) in [5.41, 5.74) is 3.28. The quantitative estimate of drug-likeness (QED) is 0.520. The summed E-state index contributed by atoms with van der Waals surface area (Å²) in [7, 11) is 1.61. The van der Waals surface area contributed by atoms with E-state index in [9.17, 15) is 5.26 Å². The molecule has 0 radical (unpaired) electrons. The number of methoxy groups -OCH3 is 1. The number of rotatable bonds is 6. The Hall–Kier alpha value is -3.10. The van der Waals surface area contributed by atoms with Crippen molar-refractivity contribution in [3.8, 4) is 28.8 Å². The fraction of sp³-hybridized carbons (Fsp3) is 0.182. The van der Waals surface area contributed by atoms with Crippen LogP contribution in [0.15, 0.2) is 53.9 Å². The molecule has 5 heteroatoms. The molecule has 0 atom stereocenters. The zero-order chi connectivity index (χ0) is 19.2. The molecular formula is C22H20N2O2S. The van der Waals surface area contributed by atoms with E-state index in [0.29, 0.717) is 22.1 Å². The molecule has 0 aliphatic heterocycles. The Bertz CT molecular complexity index is 985. The highest BCUT2D eigenvalue weighted by Gasteiger charge is 2.11. The van der Waals surface area contributed by atoms with E-state index in [0.717, 1.165) is 16.8 Å². The first-order valence-corrected chi connectivity index (χ1v) is 9.46. The van der Waals surface area contributed by atoms with Crippen LogP contribution in [-0.2, 0) is 0 Å². The van der Waals surface area contributed by atoms with Crippen molar-refractivity contribution in [2.24, 2.45) is 0 Å². The fourth-order valence-electron chi connectivity index (χ4n) is 2.58. The summed E-state index contributed by atoms with van der Waals surface area (Å²) in [5.74, 6) is 1.32. The SMILES string of the molecule is COc1ccc(/C=C(\C#N)c2nc(-c3ccccc3)cs2)cc1OC(C)C. The monoisotopic (exact) mass is 376 g/mol. The van der Waals surface area contributed by atoms with Crippen molar-refractivity contribution in [1.29, 1.82) is 5.26 Å². The van der Waals surface area contributed by atoms with Crippen molar-refractivity contribution in [2.45, 2.75) is 20.0 Å². The summed E-state index contributed by atoms with van der Waals surface area (Å²) in [6.07, 6.45) is 1.85. The van der Waals surface area contributed by atoms with Gasteiger partial charge in [0.2, 0.25) is 0 Å². The number of hydrogen-bond donors (Lipinski definition) is 0. The molecule has 0 bridgehead atoms. The van der Waals surface area contributed by atoms with Gasteiger partial charge in [-0.3, -0.25) is 0 Å². The number of nitriles is 1. The molecule has 3 aromatic rings. The molecular weight excluding hydrogens is 356 g/mol. The standard InChI is InChI=1S/C22H20N2O2S/c1-15(2)26-21-12-16(9-10-20(21)25-3)11-18(13-23)22-24-19(14-27-22)17-7-5-4-6-8-17/h4-12,14-15H,1-3H3/b18-11+. The minimum Gasteiger partial charge on any atom is -0.493 e. The molecule has 0 spiro atoms. The molecule has 4 nitrogen and oxygen atoms in total. The maximum absolute atomic E-state index is 9.63. The first kappa shape index (κ1) is 18.7. The van der Waals surface area contributed by atoms with Gasteiger partial charge in [0.05, 0.1) is 24.5 Å². The number of nitrogens with zero attached hydrogens (tertiary/aromatic N) is 2. The van der Waals surface area contributed by atoms with Crippen LogP contribution in [0.3, 0.4) is 0 Å². The molecule has 3 rings (SSSR count). The van der Waals surface area contributed by atoms with Crippen LogP contribution in [-0.4, -0.2) is 18.2 Å². The van der Waals surface area contributed by atoms with Gasteiger partial charge in [0.15, 0.2) is 11.5 Å². The predicted octanol–water partition coefficient (Wildman–Crippen LogP) is 5.67. The lowest BCUT2D eigenvalue weighted by atomic mass is 10.1. The number of ether oxygens (including phenoxy) is 2. The van der Waals surface area contributed by atoms with E-state index in [1.165, 1.54) is 11.3 Å². The number of thiazole rings is 1. The molecule has 0 fully saturated rings. The smallest absolute Gasteiger partial charge is 0.162 e. The van der Waals surface area contributed by atoms with Gasteiger partial charge in [-0.25, -0.2) is 4.98 Å². The summed E-state index contributed by atoms with van der Waals surface area (Å²) in [6, 6.07) is 17.8. The lowest BCUT2D eigenvalue weighted by molar-refractivity contribution is 0.230. The lowest BCUT2D eigenvalue weighted by Crippen LogP contribution is -2.06. The second kappa shape index (κ2) is 8.52. The van der Waals surface area contributed by atoms with Gasteiger partial charge in [-0.1, -0.05) is 36.4 Å². The third kappa shape index (κ3) is 4.55. The van der Waals surface area contributed by atoms with Gasteiger partial charge in [-0.05, 0) is 37.6 Å². The first-order valence-electron chi connectivity index (χ1n) is 8.58. The van der Waals surface area contributed by atoms with Crippen LogP contribution in [0.2, 0.25) is 0 Å². The van der Waals surface area contributed by atoms with Crippen LogP contribution in [0.25, 0.3) is 22.9 Å². The third-order valence-corrected chi connectivity index (χ3v) is 4.66. The minimum absolute atomic E-state index is 0.0287. The van der Waals surface area contributed by atoms with E-state index >= 15 is 0 Å². The molecule has 0 saturated heterocycles. The Morgan fingerprint density at radius 1 is 1.15 bits per heavy atom. The molecule has 0 amide bonds. The van der Waals surface area contributed by atoms with Crippen LogP contribution < -0.4 is 9.47 Å². The number of hydrogen-bond acceptors (Lipinski definition) is 5. The summed E-state index contributed by atoms with van der Waals surface area (Å²) < 4.78 is 11.2. The van der Waals surface area contributed by atoms with Gasteiger partial charge >= 0.3 is 0 Å². The Morgan fingerprint density at radius 2 is 1.93 bits per heavy atom. The maximum Gasteiger partial charge on any atom is 0.162 e. The average Bonchev–Trinajstić information content (AvgIpc) is 3.16. The molecule has 0 aliphatic carbocycles. The Morgan fingerprint density at radius 3 is 2.59 bits per heavy atom. The van der Waals surface area contributed by atoms with Gasteiger partial charge in [0, 0.05) is 10.9 Å². The van der Waals surface area contributed by atoms with Crippen molar-refractivity contribution in [2.75, 3.05) is 7.11 Å². The van der Waals surface area contributed by atoms with Crippen LogP contribution in [0.1, 0.15) is 24.4 Å². The predicted molar refractivity (Wildman–Crippen MR) is 110 cm³/mol. The first-order chi connectivity index (χ1) is 13.1. The summed E-state index contributed by atoms with van der Waals surface area (Å²) >= 11 is 1.46. The topological polar surface area (TPSA) is 55.1 Å².